The fourth-order valence-corrected chi connectivity index (χ4v) is 6.01. The van der Waals surface area contributed by atoms with E-state index >= 15 is 0 Å². The Hall–Kier alpha value is -1.94. The molecule has 0 bridgehead atoms. The van der Waals surface area contributed by atoms with Gasteiger partial charge in [0.15, 0.2) is 5.79 Å². The van der Waals surface area contributed by atoms with Crippen LogP contribution in [0.2, 0.25) is 0 Å². The Kier molecular flexibility index (Phi) is 5.21. The number of benzene rings is 1. The second-order valence-electron chi connectivity index (χ2n) is 8.73. The number of ether oxygens (including phenoxy) is 3. The van der Waals surface area contributed by atoms with Crippen LogP contribution in [0.25, 0.3) is 0 Å². The number of nitrogens with one attached hydrogen (secondary N) is 1. The van der Waals surface area contributed by atoms with Gasteiger partial charge in [-0.2, -0.15) is 0 Å². The van der Waals surface area contributed by atoms with Crippen LogP contribution in [0, 0.1) is 12.8 Å². The van der Waals surface area contributed by atoms with E-state index in [-0.39, 0.29) is 23.5 Å². The highest BCUT2D eigenvalue weighted by Crippen LogP contribution is 2.46. The highest BCUT2D eigenvalue weighted by atomic mass is 32.2. The summed E-state index contributed by atoms with van der Waals surface area (Å²) in [4.78, 5) is 12.5. The number of sulfonamides is 1. The van der Waals surface area contributed by atoms with E-state index in [0.717, 1.165) is 5.56 Å². The fraction of sp³-hybridized carbons (Fsp3) is 0.571. The van der Waals surface area contributed by atoms with Crippen molar-refractivity contribution >= 4 is 16.0 Å². The molecule has 0 aromatic heterocycles. The van der Waals surface area contributed by atoms with Crippen LogP contribution in [0.1, 0.15) is 38.3 Å². The average molecular weight is 438 g/mol. The lowest BCUT2D eigenvalue weighted by Crippen LogP contribution is -2.59. The van der Waals surface area contributed by atoms with Crippen LogP contribution >= 0.6 is 0 Å². The molecule has 30 heavy (non-hydrogen) atoms. The first kappa shape index (κ1) is 21.3. The van der Waals surface area contributed by atoms with Crippen LogP contribution < -0.4 is 4.72 Å². The molecule has 2 heterocycles. The topological polar surface area (TPSA) is 111 Å². The van der Waals surface area contributed by atoms with Crippen molar-refractivity contribution in [2.45, 2.75) is 70.0 Å². The van der Waals surface area contributed by atoms with E-state index in [1.807, 2.05) is 19.1 Å². The molecule has 1 aromatic rings. The van der Waals surface area contributed by atoms with Gasteiger partial charge in [0.05, 0.1) is 29.6 Å². The third kappa shape index (κ3) is 3.99. The molecule has 2 N–H and O–H groups in total. The molecule has 2 saturated heterocycles. The Morgan fingerprint density at radius 2 is 1.87 bits per heavy atom. The van der Waals surface area contributed by atoms with E-state index in [4.69, 9.17) is 14.2 Å². The number of cyclic esters (lactones) is 1. The first-order valence-electron chi connectivity index (χ1n) is 10.00. The Morgan fingerprint density at radius 1 is 1.20 bits per heavy atom. The Morgan fingerprint density at radius 3 is 2.53 bits per heavy atom. The highest BCUT2D eigenvalue weighted by Gasteiger charge is 2.57. The predicted molar refractivity (Wildman–Crippen MR) is 108 cm³/mol. The second-order valence-corrected chi connectivity index (χ2v) is 10.5. The number of aliphatic hydroxyl groups excluding tert-OH is 1. The molecular formula is C21H27NO7S. The summed E-state index contributed by atoms with van der Waals surface area (Å²) in [7, 11) is -3.76. The van der Waals surface area contributed by atoms with E-state index in [1.165, 1.54) is 0 Å². The predicted octanol–water partition coefficient (Wildman–Crippen LogP) is 2.08. The minimum absolute atomic E-state index is 0.0682. The number of esters is 1. The largest absolute Gasteiger partial charge is 0.512 e. The summed E-state index contributed by atoms with van der Waals surface area (Å²) < 4.78 is 45.9. The first-order valence-corrected chi connectivity index (χ1v) is 11.7. The molecule has 0 saturated carbocycles. The molecule has 0 spiro atoms. The van der Waals surface area contributed by atoms with Gasteiger partial charge in [-0.1, -0.05) is 29.8 Å². The number of carbonyl (C=O) groups is 1. The van der Waals surface area contributed by atoms with E-state index in [0.29, 0.717) is 5.56 Å². The van der Waals surface area contributed by atoms with Gasteiger partial charge in [-0.3, -0.25) is 0 Å². The summed E-state index contributed by atoms with van der Waals surface area (Å²) >= 11 is 0. The second kappa shape index (κ2) is 7.33. The SMILES string of the molecule is Cc1ccc(CS(=O)(=O)N[C@@H]2[C@H]3C(=C(O)C[C@H]4OC(C)(C)O[C@H]34)C(=O)O[C@@H]2C)cc1. The molecule has 164 valence electrons. The van der Waals surface area contributed by atoms with Gasteiger partial charge in [0, 0.05) is 12.3 Å². The van der Waals surface area contributed by atoms with Crippen molar-refractivity contribution < 1.29 is 32.5 Å². The molecular weight excluding hydrogens is 410 g/mol. The Bertz CT molecular complexity index is 983. The third-order valence-corrected chi connectivity index (χ3v) is 7.16. The highest BCUT2D eigenvalue weighted by molar-refractivity contribution is 7.88. The van der Waals surface area contributed by atoms with Crippen molar-refractivity contribution in [3.63, 3.8) is 0 Å². The number of hydrogen-bond donors (Lipinski definition) is 2. The lowest BCUT2D eigenvalue weighted by atomic mass is 9.75. The lowest BCUT2D eigenvalue weighted by molar-refractivity contribution is -0.161. The molecule has 3 aliphatic rings. The first-order chi connectivity index (χ1) is 14.0. The molecule has 1 aliphatic carbocycles. The number of carbonyl (C=O) groups excluding carboxylic acids is 1. The van der Waals surface area contributed by atoms with Gasteiger partial charge in [0.25, 0.3) is 0 Å². The Balaban J connectivity index is 1.65. The van der Waals surface area contributed by atoms with Crippen molar-refractivity contribution in [1.82, 2.24) is 4.72 Å². The Labute approximate surface area is 176 Å². The number of aliphatic hydroxyl groups is 1. The van der Waals surface area contributed by atoms with Gasteiger partial charge >= 0.3 is 5.97 Å². The van der Waals surface area contributed by atoms with Gasteiger partial charge in [-0.25, -0.2) is 17.9 Å². The van der Waals surface area contributed by atoms with Gasteiger partial charge in [-0.15, -0.1) is 0 Å². The molecule has 1 aromatic carbocycles. The van der Waals surface area contributed by atoms with Crippen molar-refractivity contribution in [2.75, 3.05) is 0 Å². The van der Waals surface area contributed by atoms with E-state index in [2.05, 4.69) is 4.72 Å². The van der Waals surface area contributed by atoms with Crippen molar-refractivity contribution in [3.05, 3.63) is 46.7 Å². The molecule has 8 nitrogen and oxygen atoms in total. The maximum absolute atomic E-state index is 13.0. The monoisotopic (exact) mass is 437 g/mol. The lowest BCUT2D eigenvalue weighted by Gasteiger charge is -2.43. The summed E-state index contributed by atoms with van der Waals surface area (Å²) in [6.07, 6.45) is -1.67. The number of aryl methyl sites for hydroxylation is 1. The molecule has 0 amide bonds. The maximum Gasteiger partial charge on any atom is 0.338 e. The summed E-state index contributed by atoms with van der Waals surface area (Å²) in [5.74, 6) is -2.61. The minimum atomic E-state index is -3.76. The zero-order valence-electron chi connectivity index (χ0n) is 17.4. The third-order valence-electron chi connectivity index (χ3n) is 5.81. The van der Waals surface area contributed by atoms with Gasteiger partial charge < -0.3 is 19.3 Å². The summed E-state index contributed by atoms with van der Waals surface area (Å²) in [6, 6.07) is 6.45. The van der Waals surface area contributed by atoms with E-state index < -0.39 is 52.1 Å². The van der Waals surface area contributed by atoms with Crippen LogP contribution in [0.3, 0.4) is 0 Å². The molecule has 4 rings (SSSR count). The molecule has 2 aliphatic heterocycles. The molecule has 2 fully saturated rings. The number of rotatable bonds is 4. The van der Waals surface area contributed by atoms with E-state index in [9.17, 15) is 18.3 Å². The fourth-order valence-electron chi connectivity index (χ4n) is 4.54. The van der Waals surface area contributed by atoms with Crippen molar-refractivity contribution in [1.29, 1.82) is 0 Å². The van der Waals surface area contributed by atoms with Gasteiger partial charge in [-0.05, 0) is 33.3 Å². The number of hydrogen-bond acceptors (Lipinski definition) is 7. The number of fused-ring (bicyclic) bond motifs is 3. The molecule has 9 heteroatoms. The molecule has 0 radical (unpaired) electrons. The quantitative estimate of drug-likeness (QED) is 0.694. The van der Waals surface area contributed by atoms with Crippen LogP contribution in [0.4, 0.5) is 0 Å². The standard InChI is InChI=1S/C21H27NO7S/c1-11-5-7-13(8-6-11)10-30(25,26)22-18-12(2)27-20(24)16-14(23)9-15-19(17(16)18)29-21(3,4)28-15/h5-8,12,15,17-19,22-23H,9-10H2,1-4H3/t12-,15-,17-,18+,19+/m1/s1. The minimum Gasteiger partial charge on any atom is -0.512 e. The van der Waals surface area contributed by atoms with E-state index in [1.54, 1.807) is 32.9 Å². The summed E-state index contributed by atoms with van der Waals surface area (Å²) in [6.45, 7) is 7.07. The molecule has 0 unspecified atom stereocenters. The van der Waals surface area contributed by atoms with Crippen molar-refractivity contribution in [2.24, 2.45) is 5.92 Å². The zero-order chi connectivity index (χ0) is 21.8. The van der Waals surface area contributed by atoms with Crippen LogP contribution in [-0.4, -0.2) is 49.6 Å². The zero-order valence-corrected chi connectivity index (χ0v) is 18.2. The van der Waals surface area contributed by atoms with Gasteiger partial charge in [0.1, 0.15) is 11.9 Å². The maximum atomic E-state index is 13.0. The van der Waals surface area contributed by atoms with Crippen molar-refractivity contribution in [3.8, 4) is 0 Å². The van der Waals surface area contributed by atoms with Crippen LogP contribution in [-0.2, 0) is 34.8 Å². The average Bonchev–Trinajstić information content (AvgIpc) is 2.93. The smallest absolute Gasteiger partial charge is 0.338 e. The van der Waals surface area contributed by atoms with Crippen LogP contribution in [0.15, 0.2) is 35.6 Å². The van der Waals surface area contributed by atoms with Crippen LogP contribution in [0.5, 0.6) is 0 Å². The van der Waals surface area contributed by atoms with Gasteiger partial charge in [0.2, 0.25) is 10.0 Å². The summed E-state index contributed by atoms with van der Waals surface area (Å²) in [5.41, 5.74) is 1.75. The molecule has 5 atom stereocenters. The summed E-state index contributed by atoms with van der Waals surface area (Å²) in [5, 5.41) is 10.5. The normalized spacial score (nSPS) is 33.1.